The number of carbonyl (C=O) groups is 2. The molecule has 0 saturated carbocycles. The summed E-state index contributed by atoms with van der Waals surface area (Å²) in [5.41, 5.74) is 0.247. The van der Waals surface area contributed by atoms with Crippen molar-refractivity contribution in [3.63, 3.8) is 0 Å². The van der Waals surface area contributed by atoms with Gasteiger partial charge in [0.25, 0.3) is 0 Å². The zero-order valence-electron chi connectivity index (χ0n) is 11.2. The number of carbonyl (C=O) groups excluding carboxylic acids is 2. The molecule has 0 aliphatic rings. The third-order valence-electron chi connectivity index (χ3n) is 2.10. The Labute approximate surface area is 107 Å². The Kier molecular flexibility index (Phi) is 4.53. The number of amides is 1. The average Bonchev–Trinajstić information content (AvgIpc) is 2.67. The second-order valence-electron chi connectivity index (χ2n) is 5.18. The van der Waals surface area contributed by atoms with Crippen LogP contribution in [0.15, 0.2) is 23.0 Å². The summed E-state index contributed by atoms with van der Waals surface area (Å²) in [6.07, 6.45) is 2.79. The van der Waals surface area contributed by atoms with E-state index in [1.165, 1.54) is 17.4 Å². The number of furan rings is 1. The number of ketones is 1. The summed E-state index contributed by atoms with van der Waals surface area (Å²) >= 11 is 0. The van der Waals surface area contributed by atoms with E-state index in [1.807, 2.05) is 0 Å². The first-order valence-corrected chi connectivity index (χ1v) is 5.75. The van der Waals surface area contributed by atoms with Gasteiger partial charge < -0.3 is 14.1 Å². The summed E-state index contributed by atoms with van der Waals surface area (Å²) in [7, 11) is 1.54. The summed E-state index contributed by atoms with van der Waals surface area (Å²) < 4.78 is 10.0. The number of rotatable bonds is 4. The van der Waals surface area contributed by atoms with Crippen LogP contribution in [0.25, 0.3) is 0 Å². The molecular weight excluding hydrogens is 234 g/mol. The van der Waals surface area contributed by atoms with Crippen LogP contribution in [0.4, 0.5) is 4.79 Å². The molecule has 0 unspecified atom stereocenters. The first-order chi connectivity index (χ1) is 8.28. The Balaban J connectivity index is 2.42. The van der Waals surface area contributed by atoms with Gasteiger partial charge in [0.05, 0.1) is 19.1 Å². The second kappa shape index (κ2) is 5.71. The van der Waals surface area contributed by atoms with Crippen LogP contribution in [0.5, 0.6) is 0 Å². The Hall–Kier alpha value is -1.78. The van der Waals surface area contributed by atoms with Crippen LogP contribution in [-0.4, -0.2) is 36.0 Å². The Morgan fingerprint density at radius 3 is 2.56 bits per heavy atom. The molecule has 0 aromatic carbocycles. The highest BCUT2D eigenvalue weighted by molar-refractivity contribution is 5.85. The van der Waals surface area contributed by atoms with Crippen molar-refractivity contribution >= 4 is 11.9 Å². The van der Waals surface area contributed by atoms with E-state index in [9.17, 15) is 9.59 Å². The van der Waals surface area contributed by atoms with Gasteiger partial charge >= 0.3 is 6.09 Å². The number of Topliss-reactive ketones (excluding diaryl/α,β-unsaturated/α-hetero) is 1. The standard InChI is InChI=1S/C13H19NO4/c1-13(2,3)18-12(16)14(4)8-11(15)7-10-5-6-17-9-10/h5-6,9H,7-8H2,1-4H3. The molecule has 0 spiro atoms. The smallest absolute Gasteiger partial charge is 0.410 e. The molecule has 0 saturated heterocycles. The van der Waals surface area contributed by atoms with Gasteiger partial charge in [-0.15, -0.1) is 0 Å². The topological polar surface area (TPSA) is 59.8 Å². The highest BCUT2D eigenvalue weighted by Crippen LogP contribution is 2.09. The summed E-state index contributed by atoms with van der Waals surface area (Å²) in [4.78, 5) is 24.6. The molecular formula is C13H19NO4. The first kappa shape index (κ1) is 14.3. The van der Waals surface area contributed by atoms with Crippen LogP contribution in [-0.2, 0) is 16.0 Å². The lowest BCUT2D eigenvalue weighted by atomic mass is 10.2. The van der Waals surface area contributed by atoms with Gasteiger partial charge in [0, 0.05) is 13.5 Å². The van der Waals surface area contributed by atoms with Crippen LogP contribution in [0.1, 0.15) is 26.3 Å². The largest absolute Gasteiger partial charge is 0.472 e. The van der Waals surface area contributed by atoms with Crippen LogP contribution >= 0.6 is 0 Å². The Morgan fingerprint density at radius 1 is 1.39 bits per heavy atom. The zero-order valence-corrected chi connectivity index (χ0v) is 11.2. The number of hydrogen-bond acceptors (Lipinski definition) is 4. The minimum absolute atomic E-state index is 0.0279. The van der Waals surface area contributed by atoms with Crippen molar-refractivity contribution in [2.75, 3.05) is 13.6 Å². The van der Waals surface area contributed by atoms with Crippen LogP contribution in [0, 0.1) is 0 Å². The summed E-state index contributed by atoms with van der Waals surface area (Å²) in [6.45, 7) is 5.38. The maximum Gasteiger partial charge on any atom is 0.410 e. The van der Waals surface area contributed by atoms with Crippen molar-refractivity contribution in [1.82, 2.24) is 4.90 Å². The fraction of sp³-hybridized carbons (Fsp3) is 0.538. The molecule has 5 nitrogen and oxygen atoms in total. The molecule has 1 aromatic heterocycles. The van der Waals surface area contributed by atoms with E-state index in [1.54, 1.807) is 33.9 Å². The van der Waals surface area contributed by atoms with Gasteiger partial charge in [0.1, 0.15) is 5.60 Å². The highest BCUT2D eigenvalue weighted by atomic mass is 16.6. The molecule has 5 heteroatoms. The maximum absolute atomic E-state index is 11.7. The fourth-order valence-electron chi connectivity index (χ4n) is 1.35. The van der Waals surface area contributed by atoms with Gasteiger partial charge in [-0.25, -0.2) is 4.79 Å². The van der Waals surface area contributed by atoms with Crippen molar-refractivity contribution < 1.29 is 18.7 Å². The molecule has 0 radical (unpaired) electrons. The summed E-state index contributed by atoms with van der Waals surface area (Å²) in [6, 6.07) is 1.73. The molecule has 100 valence electrons. The molecule has 0 N–H and O–H groups in total. The van der Waals surface area contributed by atoms with Gasteiger partial charge in [-0.2, -0.15) is 0 Å². The zero-order chi connectivity index (χ0) is 13.8. The minimum atomic E-state index is -0.557. The third-order valence-corrected chi connectivity index (χ3v) is 2.10. The SMILES string of the molecule is CN(CC(=O)Cc1ccoc1)C(=O)OC(C)(C)C. The van der Waals surface area contributed by atoms with E-state index in [0.717, 1.165) is 5.56 Å². The molecule has 1 heterocycles. The third kappa shape index (κ3) is 5.03. The van der Waals surface area contributed by atoms with Crippen LogP contribution in [0.2, 0.25) is 0 Å². The summed E-state index contributed by atoms with van der Waals surface area (Å²) in [5.74, 6) is -0.0650. The lowest BCUT2D eigenvalue weighted by molar-refractivity contribution is -0.119. The number of nitrogens with zero attached hydrogens (tertiary/aromatic N) is 1. The molecule has 0 fully saturated rings. The molecule has 18 heavy (non-hydrogen) atoms. The number of hydrogen-bond donors (Lipinski definition) is 0. The van der Waals surface area contributed by atoms with Crippen molar-refractivity contribution in [3.05, 3.63) is 24.2 Å². The van der Waals surface area contributed by atoms with Gasteiger partial charge in [-0.05, 0) is 32.4 Å². The molecule has 1 rings (SSSR count). The number of ether oxygens (including phenoxy) is 1. The van der Waals surface area contributed by atoms with Crippen molar-refractivity contribution in [3.8, 4) is 0 Å². The lowest BCUT2D eigenvalue weighted by Crippen LogP contribution is -2.37. The van der Waals surface area contributed by atoms with Crippen molar-refractivity contribution in [2.24, 2.45) is 0 Å². The molecule has 1 aromatic rings. The van der Waals surface area contributed by atoms with E-state index >= 15 is 0 Å². The molecule has 0 bridgehead atoms. The molecule has 1 amide bonds. The van der Waals surface area contributed by atoms with Crippen LogP contribution < -0.4 is 0 Å². The Bertz CT molecular complexity index is 403. The molecule has 0 aliphatic carbocycles. The fourth-order valence-corrected chi connectivity index (χ4v) is 1.35. The van der Waals surface area contributed by atoms with Gasteiger partial charge in [0.15, 0.2) is 5.78 Å². The predicted octanol–water partition coefficient (Wildman–Crippen LogP) is 2.26. The van der Waals surface area contributed by atoms with Gasteiger partial charge in [0.2, 0.25) is 0 Å². The van der Waals surface area contributed by atoms with E-state index in [0.29, 0.717) is 0 Å². The minimum Gasteiger partial charge on any atom is -0.472 e. The van der Waals surface area contributed by atoms with E-state index < -0.39 is 11.7 Å². The predicted molar refractivity (Wildman–Crippen MR) is 66.3 cm³/mol. The normalized spacial score (nSPS) is 11.1. The van der Waals surface area contributed by atoms with E-state index in [-0.39, 0.29) is 18.7 Å². The van der Waals surface area contributed by atoms with E-state index in [4.69, 9.17) is 9.15 Å². The molecule has 0 atom stereocenters. The van der Waals surface area contributed by atoms with Gasteiger partial charge in [-0.1, -0.05) is 0 Å². The van der Waals surface area contributed by atoms with Gasteiger partial charge in [-0.3, -0.25) is 4.79 Å². The number of likely N-dealkylation sites (N-methyl/N-ethyl adjacent to an activating group) is 1. The quantitative estimate of drug-likeness (QED) is 0.825. The highest BCUT2D eigenvalue weighted by Gasteiger charge is 2.21. The lowest BCUT2D eigenvalue weighted by Gasteiger charge is -2.24. The monoisotopic (exact) mass is 253 g/mol. The van der Waals surface area contributed by atoms with Crippen molar-refractivity contribution in [2.45, 2.75) is 32.8 Å². The maximum atomic E-state index is 11.7. The van der Waals surface area contributed by atoms with E-state index in [2.05, 4.69) is 0 Å². The average molecular weight is 253 g/mol. The Morgan fingerprint density at radius 2 is 2.06 bits per heavy atom. The van der Waals surface area contributed by atoms with Crippen molar-refractivity contribution in [1.29, 1.82) is 0 Å². The summed E-state index contributed by atoms with van der Waals surface area (Å²) in [5, 5.41) is 0. The second-order valence-corrected chi connectivity index (χ2v) is 5.18. The van der Waals surface area contributed by atoms with Crippen LogP contribution in [0.3, 0.4) is 0 Å². The molecule has 0 aliphatic heterocycles. The first-order valence-electron chi connectivity index (χ1n) is 5.75.